The van der Waals surface area contributed by atoms with Crippen molar-refractivity contribution in [3.63, 3.8) is 0 Å². The molecule has 0 fully saturated rings. The number of hydrogen-bond acceptors (Lipinski definition) is 5. The zero-order valence-corrected chi connectivity index (χ0v) is 15.8. The summed E-state index contributed by atoms with van der Waals surface area (Å²) in [6.07, 6.45) is 1.69. The predicted octanol–water partition coefficient (Wildman–Crippen LogP) is 3.28. The van der Waals surface area contributed by atoms with Crippen molar-refractivity contribution in [3.8, 4) is 0 Å². The van der Waals surface area contributed by atoms with Gasteiger partial charge in [0, 0.05) is 6.20 Å². The Hall–Kier alpha value is -2.34. The molecule has 0 aliphatic carbocycles. The Morgan fingerprint density at radius 1 is 1.32 bits per heavy atom. The summed E-state index contributed by atoms with van der Waals surface area (Å²) in [5.74, 6) is 0.160. The fourth-order valence-electron chi connectivity index (χ4n) is 2.71. The first-order valence-electron chi connectivity index (χ1n) is 8.21. The summed E-state index contributed by atoms with van der Waals surface area (Å²) in [6.45, 7) is 9.52. The largest absolute Gasteiger partial charge is 0.307 e. The Kier molecular flexibility index (Phi) is 4.33. The molecule has 3 heterocycles. The average molecular weight is 355 g/mol. The molecule has 0 bridgehead atoms. The third-order valence-corrected chi connectivity index (χ3v) is 5.74. The van der Waals surface area contributed by atoms with E-state index in [9.17, 15) is 9.59 Å². The van der Waals surface area contributed by atoms with Gasteiger partial charge >= 0.3 is 0 Å². The van der Waals surface area contributed by atoms with Gasteiger partial charge in [-0.2, -0.15) is 0 Å². The van der Waals surface area contributed by atoms with Gasteiger partial charge < -0.3 is 5.32 Å². The lowest BCUT2D eigenvalue weighted by molar-refractivity contribution is -0.124. The van der Waals surface area contributed by atoms with Crippen molar-refractivity contribution >= 4 is 28.9 Å². The molecule has 0 aromatic carbocycles. The van der Waals surface area contributed by atoms with E-state index in [4.69, 9.17) is 0 Å². The summed E-state index contributed by atoms with van der Waals surface area (Å²) < 4.78 is 0. The van der Waals surface area contributed by atoms with Crippen LogP contribution >= 0.6 is 11.3 Å². The van der Waals surface area contributed by atoms with E-state index in [2.05, 4.69) is 15.3 Å². The minimum absolute atomic E-state index is 0.0362. The first kappa shape index (κ1) is 17.5. The molecular weight excluding hydrogens is 334 g/mol. The summed E-state index contributed by atoms with van der Waals surface area (Å²) in [5, 5.41) is 4.72. The lowest BCUT2D eigenvalue weighted by atomic mass is 9.89. The number of amides is 1. The van der Waals surface area contributed by atoms with Gasteiger partial charge in [0.25, 0.3) is 5.91 Å². The van der Waals surface area contributed by atoms with Crippen LogP contribution in [0.2, 0.25) is 0 Å². The quantitative estimate of drug-likeness (QED) is 0.856. The molecule has 0 spiro atoms. The molecule has 1 N–H and O–H groups in total. The average Bonchev–Trinajstić information content (AvgIpc) is 3.11. The summed E-state index contributed by atoms with van der Waals surface area (Å²) >= 11 is 1.41. The van der Waals surface area contributed by atoms with E-state index in [1.54, 1.807) is 13.1 Å². The SMILES string of the molecule is Cc1cnc(C2=NC(C)(C(C)C)C(=O)N2)c(C(=O)c2sccc2C)c1. The maximum absolute atomic E-state index is 13.0. The van der Waals surface area contributed by atoms with Crippen molar-refractivity contribution in [2.45, 2.75) is 40.2 Å². The topological polar surface area (TPSA) is 71.4 Å². The molecule has 2 aromatic heterocycles. The van der Waals surface area contributed by atoms with Crippen LogP contribution < -0.4 is 5.32 Å². The van der Waals surface area contributed by atoms with Crippen LogP contribution in [0.1, 0.15) is 52.8 Å². The van der Waals surface area contributed by atoms with Gasteiger partial charge in [-0.15, -0.1) is 11.3 Å². The Balaban J connectivity index is 2.12. The number of carbonyl (C=O) groups excluding carboxylic acids is 2. The summed E-state index contributed by atoms with van der Waals surface area (Å²) in [5.41, 5.74) is 1.88. The summed E-state index contributed by atoms with van der Waals surface area (Å²) in [4.78, 5) is 35.1. The van der Waals surface area contributed by atoms with Crippen molar-refractivity contribution in [2.24, 2.45) is 10.9 Å². The van der Waals surface area contributed by atoms with Gasteiger partial charge in [0.1, 0.15) is 11.2 Å². The predicted molar refractivity (Wildman–Crippen MR) is 99.4 cm³/mol. The zero-order valence-electron chi connectivity index (χ0n) is 15.0. The number of rotatable bonds is 4. The van der Waals surface area contributed by atoms with Gasteiger partial charge in [-0.05, 0) is 55.3 Å². The minimum Gasteiger partial charge on any atom is -0.307 e. The van der Waals surface area contributed by atoms with Crippen LogP contribution in [0.5, 0.6) is 0 Å². The van der Waals surface area contributed by atoms with Crippen LogP contribution in [0.4, 0.5) is 0 Å². The van der Waals surface area contributed by atoms with E-state index in [1.807, 2.05) is 45.2 Å². The monoisotopic (exact) mass is 355 g/mol. The van der Waals surface area contributed by atoms with Crippen molar-refractivity contribution in [1.82, 2.24) is 10.3 Å². The van der Waals surface area contributed by atoms with Crippen LogP contribution in [0, 0.1) is 19.8 Å². The van der Waals surface area contributed by atoms with Crippen LogP contribution in [-0.2, 0) is 4.79 Å². The maximum Gasteiger partial charge on any atom is 0.253 e. The molecule has 5 nitrogen and oxygen atoms in total. The van der Waals surface area contributed by atoms with Gasteiger partial charge in [-0.25, -0.2) is 4.99 Å². The lowest BCUT2D eigenvalue weighted by Crippen LogP contribution is -2.41. The molecule has 1 amide bonds. The van der Waals surface area contributed by atoms with E-state index in [1.165, 1.54) is 11.3 Å². The number of pyridine rings is 1. The lowest BCUT2D eigenvalue weighted by Gasteiger charge is -2.21. The second kappa shape index (κ2) is 6.19. The normalized spacial score (nSPS) is 19.9. The van der Waals surface area contributed by atoms with E-state index in [-0.39, 0.29) is 17.6 Å². The van der Waals surface area contributed by atoms with Gasteiger partial charge in [-0.3, -0.25) is 14.6 Å². The number of thiophene rings is 1. The van der Waals surface area contributed by atoms with E-state index >= 15 is 0 Å². The molecule has 2 aromatic rings. The molecule has 3 rings (SSSR count). The van der Waals surface area contributed by atoms with E-state index < -0.39 is 5.54 Å². The smallest absolute Gasteiger partial charge is 0.253 e. The maximum atomic E-state index is 13.0. The van der Waals surface area contributed by atoms with Crippen molar-refractivity contribution in [1.29, 1.82) is 0 Å². The highest BCUT2D eigenvalue weighted by molar-refractivity contribution is 7.12. The molecule has 0 saturated heterocycles. The highest BCUT2D eigenvalue weighted by Crippen LogP contribution is 2.28. The van der Waals surface area contributed by atoms with Gasteiger partial charge in [0.05, 0.1) is 10.4 Å². The van der Waals surface area contributed by atoms with Crippen LogP contribution in [0.15, 0.2) is 28.7 Å². The molecule has 6 heteroatoms. The fourth-order valence-corrected chi connectivity index (χ4v) is 3.59. The number of aryl methyl sites for hydroxylation is 2. The molecule has 0 radical (unpaired) electrons. The van der Waals surface area contributed by atoms with E-state index in [0.717, 1.165) is 11.1 Å². The second-order valence-electron chi connectivity index (χ2n) is 6.89. The number of aromatic nitrogens is 1. The second-order valence-corrected chi connectivity index (χ2v) is 7.80. The van der Waals surface area contributed by atoms with Crippen molar-refractivity contribution in [3.05, 3.63) is 51.0 Å². The summed E-state index contributed by atoms with van der Waals surface area (Å²) in [7, 11) is 0. The van der Waals surface area contributed by atoms with Gasteiger partial charge in [0.2, 0.25) is 5.78 Å². The molecule has 25 heavy (non-hydrogen) atoms. The first-order chi connectivity index (χ1) is 11.7. The number of aliphatic imine (C=N–C) groups is 1. The highest BCUT2D eigenvalue weighted by Gasteiger charge is 2.43. The third-order valence-electron chi connectivity index (χ3n) is 4.72. The third kappa shape index (κ3) is 2.91. The van der Waals surface area contributed by atoms with Crippen LogP contribution in [0.3, 0.4) is 0 Å². The zero-order chi connectivity index (χ0) is 18.4. The molecule has 1 aliphatic heterocycles. The molecule has 0 saturated carbocycles. The Morgan fingerprint density at radius 3 is 2.60 bits per heavy atom. The number of nitrogens with zero attached hydrogens (tertiary/aromatic N) is 2. The Morgan fingerprint density at radius 2 is 2.04 bits per heavy atom. The Bertz CT molecular complexity index is 898. The number of amidine groups is 1. The Labute approximate surface area is 151 Å². The highest BCUT2D eigenvalue weighted by atomic mass is 32.1. The molecule has 1 unspecified atom stereocenters. The molecular formula is C19H21N3O2S. The summed E-state index contributed by atoms with van der Waals surface area (Å²) in [6, 6.07) is 3.73. The molecule has 1 atom stereocenters. The van der Waals surface area contributed by atoms with Crippen molar-refractivity contribution < 1.29 is 9.59 Å². The number of ketones is 1. The minimum atomic E-state index is -0.846. The molecule has 1 aliphatic rings. The first-order valence-corrected chi connectivity index (χ1v) is 9.09. The molecule has 130 valence electrons. The number of carbonyl (C=O) groups is 2. The van der Waals surface area contributed by atoms with Gasteiger partial charge in [0.15, 0.2) is 5.84 Å². The van der Waals surface area contributed by atoms with Gasteiger partial charge in [-0.1, -0.05) is 13.8 Å². The number of nitrogens with one attached hydrogen (secondary N) is 1. The van der Waals surface area contributed by atoms with Crippen LogP contribution in [0.25, 0.3) is 0 Å². The van der Waals surface area contributed by atoms with Crippen molar-refractivity contribution in [2.75, 3.05) is 0 Å². The fraction of sp³-hybridized carbons (Fsp3) is 0.368. The van der Waals surface area contributed by atoms with Crippen LogP contribution in [-0.4, -0.2) is 28.0 Å². The standard InChI is InChI=1S/C19H21N3O2S/c1-10(2)19(5)18(24)21-17(22-19)14-13(8-11(3)9-20-14)15(23)16-12(4)6-7-25-16/h6-10H,1-5H3,(H,21,22,24). The van der Waals surface area contributed by atoms with E-state index in [0.29, 0.717) is 22.0 Å². The number of hydrogen-bond donors (Lipinski definition) is 1.